The Morgan fingerprint density at radius 1 is 0.792 bits per heavy atom. The molecule has 5 aromatic rings. The monoisotopic (exact) mass is 733 g/mol. The first-order chi connectivity index (χ1) is 25.6. The normalized spacial score (nSPS) is 19.5. The van der Waals surface area contributed by atoms with E-state index >= 15 is 0 Å². The van der Waals surface area contributed by atoms with Crippen LogP contribution in [0, 0.1) is 12.8 Å². The van der Waals surface area contributed by atoms with Crippen LogP contribution in [0.1, 0.15) is 52.7 Å². The van der Waals surface area contributed by atoms with E-state index in [1.807, 2.05) is 97.9 Å². The highest BCUT2D eigenvalue weighted by molar-refractivity contribution is 7.89. The van der Waals surface area contributed by atoms with Gasteiger partial charge in [-0.25, -0.2) is 8.42 Å². The molecule has 276 valence electrons. The van der Waals surface area contributed by atoms with Crippen molar-refractivity contribution in [1.29, 1.82) is 0 Å². The van der Waals surface area contributed by atoms with Crippen molar-refractivity contribution in [3.8, 4) is 0 Å². The molecule has 1 saturated heterocycles. The van der Waals surface area contributed by atoms with Gasteiger partial charge in [0.1, 0.15) is 6.04 Å². The van der Waals surface area contributed by atoms with Gasteiger partial charge in [0, 0.05) is 30.3 Å². The third kappa shape index (κ3) is 10.1. The van der Waals surface area contributed by atoms with Gasteiger partial charge in [0.15, 0.2) is 6.29 Å². The van der Waals surface area contributed by atoms with E-state index in [-0.39, 0.29) is 36.0 Å². The summed E-state index contributed by atoms with van der Waals surface area (Å²) < 4.78 is 42.9. The second-order valence-corrected chi connectivity index (χ2v) is 15.5. The quantitative estimate of drug-likeness (QED) is 0.113. The number of carbonyl (C=O) groups is 1. The molecule has 0 saturated carbocycles. The molecule has 6 rings (SSSR count). The number of hydrogen-bond acceptors (Lipinski definition) is 7. The number of amides is 1. The topological polar surface area (TPSA) is 117 Å². The highest BCUT2D eigenvalue weighted by atomic mass is 32.2. The fraction of sp³-hybridized carbons (Fsp3) is 0.279. The Morgan fingerprint density at radius 3 is 2.11 bits per heavy atom. The number of aryl methyl sites for hydroxylation is 1. The van der Waals surface area contributed by atoms with Crippen LogP contribution >= 0.6 is 0 Å². The van der Waals surface area contributed by atoms with Crippen molar-refractivity contribution in [3.05, 3.63) is 167 Å². The first-order valence-electron chi connectivity index (χ1n) is 17.8. The first kappa shape index (κ1) is 38.1. The molecular weight excluding hydrogens is 687 g/mol. The van der Waals surface area contributed by atoms with Crippen molar-refractivity contribution in [2.24, 2.45) is 5.92 Å². The molecule has 0 bridgehead atoms. The molecule has 1 aliphatic rings. The Kier molecular flexibility index (Phi) is 12.5. The number of anilines is 1. The molecule has 0 aromatic heterocycles. The Hall–Kier alpha value is -4.68. The average molecular weight is 734 g/mol. The molecule has 53 heavy (non-hydrogen) atoms. The molecule has 1 amide bonds. The summed E-state index contributed by atoms with van der Waals surface area (Å²) in [6.07, 6.45) is -1.10. The first-order valence-corrected chi connectivity index (χ1v) is 19.3. The number of nitrogens with zero attached hydrogens (tertiary/aromatic N) is 1. The van der Waals surface area contributed by atoms with Gasteiger partial charge < -0.3 is 19.9 Å². The second-order valence-electron chi connectivity index (χ2n) is 13.8. The summed E-state index contributed by atoms with van der Waals surface area (Å²) in [5, 5.41) is 12.6. The zero-order valence-electron chi connectivity index (χ0n) is 30.3. The third-order valence-electron chi connectivity index (χ3n) is 9.56. The SMILES string of the molecule is Cc1ccc(S(=O)(=O)NC(Cc2ccccc2)C(=O)Nc2cccc(C3OC(CN(C)Cc4ccccc4)C(C)C(c4ccc(CO)cc4)O3)c2)cc1. The van der Waals surface area contributed by atoms with Crippen LogP contribution in [0.15, 0.2) is 138 Å². The molecule has 5 aromatic carbocycles. The van der Waals surface area contributed by atoms with Gasteiger partial charge in [0.25, 0.3) is 0 Å². The standard InChI is InChI=1S/C43H47N3O6S/c1-30-17-23-38(24-18-30)53(49,50)45-39(25-32-11-6-4-7-12-32)42(48)44-37-16-10-15-36(26-37)43-51-40(28-46(3)27-33-13-8-5-9-14-33)31(2)41(52-43)35-21-19-34(29-47)20-22-35/h4-24,26,31,39-41,43,45,47H,25,27-29H2,1-3H3,(H,44,48). The summed E-state index contributed by atoms with van der Waals surface area (Å²) in [6, 6.07) is 40.1. The molecule has 1 heterocycles. The van der Waals surface area contributed by atoms with Gasteiger partial charge in [0.2, 0.25) is 15.9 Å². The summed E-state index contributed by atoms with van der Waals surface area (Å²) in [7, 11) is -1.93. The van der Waals surface area contributed by atoms with Crippen LogP contribution in [-0.4, -0.2) is 50.1 Å². The zero-order valence-corrected chi connectivity index (χ0v) is 31.1. The Morgan fingerprint density at radius 2 is 1.45 bits per heavy atom. The van der Waals surface area contributed by atoms with Gasteiger partial charge in [-0.2, -0.15) is 4.72 Å². The minimum Gasteiger partial charge on any atom is -0.392 e. The third-order valence-corrected chi connectivity index (χ3v) is 11.1. The number of nitrogens with one attached hydrogen (secondary N) is 2. The molecule has 10 heteroatoms. The molecule has 5 atom stereocenters. The van der Waals surface area contributed by atoms with Crippen molar-refractivity contribution >= 4 is 21.6 Å². The molecule has 1 fully saturated rings. The number of ether oxygens (including phenoxy) is 2. The van der Waals surface area contributed by atoms with Crippen LogP contribution in [0.3, 0.4) is 0 Å². The summed E-state index contributed by atoms with van der Waals surface area (Å²) >= 11 is 0. The number of carbonyl (C=O) groups excluding carboxylic acids is 1. The average Bonchev–Trinajstić information content (AvgIpc) is 3.16. The molecule has 0 spiro atoms. The van der Waals surface area contributed by atoms with E-state index in [1.165, 1.54) is 17.7 Å². The van der Waals surface area contributed by atoms with Crippen LogP contribution in [-0.2, 0) is 43.9 Å². The fourth-order valence-corrected chi connectivity index (χ4v) is 7.79. The lowest BCUT2D eigenvalue weighted by molar-refractivity contribution is -0.276. The highest BCUT2D eigenvalue weighted by Crippen LogP contribution is 2.42. The van der Waals surface area contributed by atoms with E-state index in [0.717, 1.165) is 28.8 Å². The number of aliphatic hydroxyl groups excluding tert-OH is 1. The maximum Gasteiger partial charge on any atom is 0.242 e. The maximum atomic E-state index is 13.9. The van der Waals surface area contributed by atoms with E-state index in [1.54, 1.807) is 18.2 Å². The lowest BCUT2D eigenvalue weighted by Gasteiger charge is -2.42. The van der Waals surface area contributed by atoms with Crippen molar-refractivity contribution in [2.75, 3.05) is 18.9 Å². The maximum absolute atomic E-state index is 13.9. The van der Waals surface area contributed by atoms with Crippen molar-refractivity contribution < 1.29 is 27.8 Å². The van der Waals surface area contributed by atoms with Gasteiger partial charge in [0.05, 0.1) is 23.7 Å². The van der Waals surface area contributed by atoms with Crippen LogP contribution in [0.5, 0.6) is 0 Å². The minimum atomic E-state index is -4.01. The van der Waals surface area contributed by atoms with Crippen molar-refractivity contribution in [3.63, 3.8) is 0 Å². The van der Waals surface area contributed by atoms with E-state index in [9.17, 15) is 18.3 Å². The largest absolute Gasteiger partial charge is 0.392 e. The second kappa shape index (κ2) is 17.4. The van der Waals surface area contributed by atoms with Gasteiger partial charge in [-0.05, 0) is 66.9 Å². The summed E-state index contributed by atoms with van der Waals surface area (Å²) in [5.74, 6) is -0.504. The van der Waals surface area contributed by atoms with Gasteiger partial charge in [-0.15, -0.1) is 0 Å². The van der Waals surface area contributed by atoms with Crippen LogP contribution in [0.2, 0.25) is 0 Å². The number of aliphatic hydroxyl groups is 1. The number of rotatable bonds is 14. The molecule has 5 unspecified atom stereocenters. The molecule has 0 aliphatic carbocycles. The van der Waals surface area contributed by atoms with Crippen LogP contribution < -0.4 is 10.0 Å². The summed E-state index contributed by atoms with van der Waals surface area (Å²) in [4.78, 5) is 16.2. The highest BCUT2D eigenvalue weighted by Gasteiger charge is 2.39. The molecule has 0 radical (unpaired) electrons. The number of sulfonamides is 1. The molecule has 9 nitrogen and oxygen atoms in total. The Balaban J connectivity index is 1.23. The summed E-state index contributed by atoms with van der Waals surface area (Å²) in [5.41, 5.74) is 5.94. The van der Waals surface area contributed by atoms with Crippen molar-refractivity contribution in [2.45, 2.75) is 62.9 Å². The molecule has 3 N–H and O–H groups in total. The zero-order chi connectivity index (χ0) is 37.4. The van der Waals surface area contributed by atoms with Crippen molar-refractivity contribution in [1.82, 2.24) is 9.62 Å². The number of hydrogen-bond donors (Lipinski definition) is 3. The van der Waals surface area contributed by atoms with Crippen LogP contribution in [0.4, 0.5) is 5.69 Å². The predicted octanol–water partition coefficient (Wildman–Crippen LogP) is 6.94. The van der Waals surface area contributed by atoms with E-state index < -0.39 is 28.3 Å². The smallest absolute Gasteiger partial charge is 0.242 e. The van der Waals surface area contributed by atoms with E-state index in [0.29, 0.717) is 17.8 Å². The molecular formula is C43H47N3O6S. The Labute approximate surface area is 312 Å². The lowest BCUT2D eigenvalue weighted by Crippen LogP contribution is -2.45. The van der Waals surface area contributed by atoms with Gasteiger partial charge in [-0.1, -0.05) is 122 Å². The van der Waals surface area contributed by atoms with E-state index in [4.69, 9.17) is 9.47 Å². The van der Waals surface area contributed by atoms with E-state index in [2.05, 4.69) is 41.0 Å². The Bertz CT molecular complexity index is 2040. The molecule has 1 aliphatic heterocycles. The fourth-order valence-electron chi connectivity index (χ4n) is 6.60. The van der Waals surface area contributed by atoms with Crippen LogP contribution in [0.25, 0.3) is 0 Å². The lowest BCUT2D eigenvalue weighted by atomic mass is 9.90. The minimum absolute atomic E-state index is 0.00682. The number of benzene rings is 5. The predicted molar refractivity (Wildman–Crippen MR) is 206 cm³/mol. The summed E-state index contributed by atoms with van der Waals surface area (Å²) in [6.45, 7) is 5.38. The van der Waals surface area contributed by atoms with Gasteiger partial charge in [-0.3, -0.25) is 9.69 Å². The van der Waals surface area contributed by atoms with Gasteiger partial charge >= 0.3 is 0 Å². The number of likely N-dealkylation sites (N-methyl/N-ethyl adjacent to an activating group) is 1.